The Labute approximate surface area is 173 Å². The lowest BCUT2D eigenvalue weighted by Gasteiger charge is -2.18. The predicted octanol–water partition coefficient (Wildman–Crippen LogP) is 3.32. The first kappa shape index (κ1) is 19.4. The number of nitrogens with zero attached hydrogens (tertiary/aromatic N) is 4. The predicted molar refractivity (Wildman–Crippen MR) is 120 cm³/mol. The second-order valence-electron chi connectivity index (χ2n) is 7.47. The molecule has 0 radical (unpaired) electrons. The van der Waals surface area contributed by atoms with Gasteiger partial charge in [-0.2, -0.15) is 15.0 Å². The highest BCUT2D eigenvalue weighted by molar-refractivity contribution is 5.87. The SMILES string of the molecule is Cc1ccc(Nc2nc3nc(N)nc(N)c3c(=O)n2-c2ccc(C)cc2C)c(C)c1. The zero-order chi connectivity index (χ0) is 21.6. The molecule has 5 N–H and O–H groups in total. The molecule has 0 aliphatic carbocycles. The van der Waals surface area contributed by atoms with E-state index >= 15 is 0 Å². The van der Waals surface area contributed by atoms with Gasteiger partial charge < -0.3 is 16.8 Å². The summed E-state index contributed by atoms with van der Waals surface area (Å²) in [5.41, 5.74) is 17.3. The second-order valence-corrected chi connectivity index (χ2v) is 7.47. The number of nitrogens with one attached hydrogen (secondary N) is 1. The van der Waals surface area contributed by atoms with Crippen LogP contribution >= 0.6 is 0 Å². The van der Waals surface area contributed by atoms with Crippen molar-refractivity contribution >= 4 is 34.4 Å². The molecule has 0 saturated heterocycles. The van der Waals surface area contributed by atoms with E-state index in [9.17, 15) is 4.79 Å². The lowest BCUT2D eigenvalue weighted by molar-refractivity contribution is 0.953. The lowest BCUT2D eigenvalue weighted by Crippen LogP contribution is -2.25. The lowest BCUT2D eigenvalue weighted by atomic mass is 10.1. The van der Waals surface area contributed by atoms with Gasteiger partial charge in [-0.1, -0.05) is 35.4 Å². The van der Waals surface area contributed by atoms with E-state index in [4.69, 9.17) is 11.5 Å². The fraction of sp³-hybridized carbons (Fsp3) is 0.182. The summed E-state index contributed by atoms with van der Waals surface area (Å²) < 4.78 is 1.51. The number of hydrogen-bond acceptors (Lipinski definition) is 7. The molecule has 2 aromatic carbocycles. The number of nitrogens with two attached hydrogens (primary N) is 2. The Kier molecular flexibility index (Phi) is 4.62. The molecule has 30 heavy (non-hydrogen) atoms. The molecule has 0 fully saturated rings. The van der Waals surface area contributed by atoms with Gasteiger partial charge in [0.25, 0.3) is 5.56 Å². The summed E-state index contributed by atoms with van der Waals surface area (Å²) in [4.78, 5) is 26.2. The van der Waals surface area contributed by atoms with Gasteiger partial charge in [-0.25, -0.2) is 4.57 Å². The largest absolute Gasteiger partial charge is 0.383 e. The highest BCUT2D eigenvalue weighted by Crippen LogP contribution is 2.25. The van der Waals surface area contributed by atoms with E-state index < -0.39 is 0 Å². The summed E-state index contributed by atoms with van der Waals surface area (Å²) in [6.07, 6.45) is 0. The van der Waals surface area contributed by atoms with Gasteiger partial charge in [0.15, 0.2) is 5.65 Å². The van der Waals surface area contributed by atoms with Crippen LogP contribution in [0.15, 0.2) is 41.2 Å². The maximum atomic E-state index is 13.5. The Bertz CT molecular complexity index is 1360. The van der Waals surface area contributed by atoms with E-state index in [2.05, 4.69) is 26.3 Å². The van der Waals surface area contributed by atoms with Gasteiger partial charge in [0.2, 0.25) is 11.9 Å². The van der Waals surface area contributed by atoms with Crippen molar-refractivity contribution in [1.82, 2.24) is 19.5 Å². The molecule has 0 aliphatic heterocycles. The molecule has 0 saturated carbocycles. The zero-order valence-corrected chi connectivity index (χ0v) is 17.3. The first-order valence-corrected chi connectivity index (χ1v) is 9.52. The minimum absolute atomic E-state index is 0.00609. The molecule has 0 unspecified atom stereocenters. The molecule has 0 aliphatic rings. The van der Waals surface area contributed by atoms with Crippen LogP contribution in [-0.2, 0) is 0 Å². The minimum atomic E-state index is -0.364. The van der Waals surface area contributed by atoms with Crippen molar-refractivity contribution in [3.05, 3.63) is 69.0 Å². The molecule has 8 nitrogen and oxygen atoms in total. The summed E-state index contributed by atoms with van der Waals surface area (Å²) in [5, 5.41) is 3.42. The monoisotopic (exact) mass is 401 g/mol. The van der Waals surface area contributed by atoms with Crippen molar-refractivity contribution in [2.75, 3.05) is 16.8 Å². The molecule has 4 rings (SSSR count). The Morgan fingerprint density at radius 2 is 1.53 bits per heavy atom. The molecule has 0 spiro atoms. The standard InChI is InChI=1S/C22H23N7O/c1-11-5-7-15(13(3)9-11)25-22-28-19-17(18(23)26-21(24)27-19)20(30)29(22)16-8-6-12(2)10-14(16)4/h5-10H,1-4H3,(H5,23,24,25,26,27,28). The Hall–Kier alpha value is -3.94. The molecule has 8 heteroatoms. The number of nitrogen functional groups attached to an aromatic ring is 2. The third-order valence-electron chi connectivity index (χ3n) is 5.00. The van der Waals surface area contributed by atoms with E-state index in [1.165, 1.54) is 4.57 Å². The summed E-state index contributed by atoms with van der Waals surface area (Å²) in [6, 6.07) is 11.9. The quantitative estimate of drug-likeness (QED) is 0.481. The number of hydrogen-bond donors (Lipinski definition) is 3. The Morgan fingerprint density at radius 3 is 2.20 bits per heavy atom. The smallest absolute Gasteiger partial charge is 0.272 e. The van der Waals surface area contributed by atoms with E-state index in [0.29, 0.717) is 11.6 Å². The third kappa shape index (κ3) is 3.32. The van der Waals surface area contributed by atoms with Crippen LogP contribution in [0.3, 0.4) is 0 Å². The molecule has 2 heterocycles. The van der Waals surface area contributed by atoms with Crippen LogP contribution in [0.25, 0.3) is 16.7 Å². The van der Waals surface area contributed by atoms with Crippen LogP contribution in [0.5, 0.6) is 0 Å². The van der Waals surface area contributed by atoms with E-state index in [-0.39, 0.29) is 28.4 Å². The fourth-order valence-electron chi connectivity index (χ4n) is 3.57. The van der Waals surface area contributed by atoms with Gasteiger partial charge in [-0.15, -0.1) is 0 Å². The van der Waals surface area contributed by atoms with Crippen molar-refractivity contribution in [2.24, 2.45) is 0 Å². The maximum Gasteiger partial charge on any atom is 0.272 e. The maximum absolute atomic E-state index is 13.5. The summed E-state index contributed by atoms with van der Waals surface area (Å²) >= 11 is 0. The molecular formula is C22H23N7O. The zero-order valence-electron chi connectivity index (χ0n) is 17.3. The molecular weight excluding hydrogens is 378 g/mol. The number of anilines is 4. The Morgan fingerprint density at radius 1 is 0.867 bits per heavy atom. The summed E-state index contributed by atoms with van der Waals surface area (Å²) in [6.45, 7) is 7.97. The van der Waals surface area contributed by atoms with Gasteiger partial charge in [-0.05, 0) is 51.0 Å². The number of fused-ring (bicyclic) bond motifs is 1. The Balaban J connectivity index is 2.05. The van der Waals surface area contributed by atoms with Crippen LogP contribution in [0, 0.1) is 27.7 Å². The van der Waals surface area contributed by atoms with Crippen molar-refractivity contribution < 1.29 is 0 Å². The van der Waals surface area contributed by atoms with Gasteiger partial charge in [-0.3, -0.25) is 4.79 Å². The van der Waals surface area contributed by atoms with E-state index in [0.717, 1.165) is 27.9 Å². The van der Waals surface area contributed by atoms with Crippen LogP contribution in [0.2, 0.25) is 0 Å². The minimum Gasteiger partial charge on any atom is -0.383 e. The normalized spacial score (nSPS) is 11.1. The van der Waals surface area contributed by atoms with Crippen molar-refractivity contribution in [1.29, 1.82) is 0 Å². The van der Waals surface area contributed by atoms with Gasteiger partial charge in [0.1, 0.15) is 11.2 Å². The topological polar surface area (TPSA) is 125 Å². The molecule has 0 amide bonds. The van der Waals surface area contributed by atoms with Crippen molar-refractivity contribution in [2.45, 2.75) is 27.7 Å². The van der Waals surface area contributed by atoms with Crippen LogP contribution in [0.1, 0.15) is 22.3 Å². The first-order valence-electron chi connectivity index (χ1n) is 9.52. The molecule has 152 valence electrons. The van der Waals surface area contributed by atoms with Crippen LogP contribution in [-0.4, -0.2) is 19.5 Å². The van der Waals surface area contributed by atoms with Gasteiger partial charge in [0.05, 0.1) is 5.69 Å². The number of benzene rings is 2. The number of aromatic nitrogens is 4. The fourth-order valence-corrected chi connectivity index (χ4v) is 3.57. The third-order valence-corrected chi connectivity index (χ3v) is 5.00. The van der Waals surface area contributed by atoms with Crippen LogP contribution in [0.4, 0.5) is 23.4 Å². The first-order chi connectivity index (χ1) is 14.2. The molecule has 2 aromatic heterocycles. The van der Waals surface area contributed by atoms with Gasteiger partial charge in [0, 0.05) is 5.69 Å². The van der Waals surface area contributed by atoms with E-state index in [1.54, 1.807) is 0 Å². The number of rotatable bonds is 3. The summed E-state index contributed by atoms with van der Waals surface area (Å²) in [5.74, 6) is 0.295. The van der Waals surface area contributed by atoms with E-state index in [1.807, 2.05) is 58.0 Å². The molecule has 0 bridgehead atoms. The van der Waals surface area contributed by atoms with Crippen molar-refractivity contribution in [3.8, 4) is 5.69 Å². The molecule has 0 atom stereocenters. The summed E-state index contributed by atoms with van der Waals surface area (Å²) in [7, 11) is 0. The average molecular weight is 401 g/mol. The average Bonchev–Trinajstić information content (AvgIpc) is 2.64. The molecule has 4 aromatic rings. The van der Waals surface area contributed by atoms with Crippen LogP contribution < -0.4 is 22.3 Å². The van der Waals surface area contributed by atoms with Crippen molar-refractivity contribution in [3.63, 3.8) is 0 Å². The highest BCUT2D eigenvalue weighted by Gasteiger charge is 2.19. The second kappa shape index (κ2) is 7.14. The van der Waals surface area contributed by atoms with Gasteiger partial charge >= 0.3 is 0 Å². The number of aryl methyl sites for hydroxylation is 4. The highest BCUT2D eigenvalue weighted by atomic mass is 16.1.